The number of imide groups is 1. The predicted molar refractivity (Wildman–Crippen MR) is 110 cm³/mol. The van der Waals surface area contributed by atoms with Gasteiger partial charge < -0.3 is 10.2 Å². The van der Waals surface area contributed by atoms with Crippen LogP contribution in [0.15, 0.2) is 24.3 Å². The number of carbonyl (C=O) groups is 3. The van der Waals surface area contributed by atoms with Crippen LogP contribution in [0.4, 0.5) is 9.18 Å². The molecule has 2 saturated heterocycles. The fourth-order valence-corrected chi connectivity index (χ4v) is 6.12. The first-order valence-electron chi connectivity index (χ1n) is 10.7. The molecule has 3 atom stereocenters. The maximum absolute atomic E-state index is 13.4. The molecule has 2 heterocycles. The van der Waals surface area contributed by atoms with Gasteiger partial charge in [-0.2, -0.15) is 0 Å². The summed E-state index contributed by atoms with van der Waals surface area (Å²) in [6.07, 6.45) is 3.28. The van der Waals surface area contributed by atoms with Gasteiger partial charge in [-0.25, -0.2) is 9.18 Å². The molecule has 0 spiro atoms. The number of urea groups is 1. The lowest BCUT2D eigenvalue weighted by Gasteiger charge is -2.39. The van der Waals surface area contributed by atoms with Crippen molar-refractivity contribution in [2.75, 3.05) is 13.1 Å². The number of hydrogen-bond acceptors (Lipinski definition) is 3. The van der Waals surface area contributed by atoms with Crippen LogP contribution in [0.2, 0.25) is 0 Å². The minimum absolute atomic E-state index is 0.0840. The standard InChI is InChI=1S/C23H30FN3O3/c1-5-23(15-6-8-16(24)9-7-15)19(29)26(20(30)25-23)12-18(28)27-14-22(4)11-17(27)10-21(2,3)13-22/h6-9,17H,5,10-14H2,1-4H3,(H,25,30)/t17-,22-,23+/m0/s1. The molecule has 3 fully saturated rings. The molecule has 2 aliphatic heterocycles. The highest BCUT2D eigenvalue weighted by atomic mass is 19.1. The van der Waals surface area contributed by atoms with E-state index in [0.717, 1.165) is 24.2 Å². The first-order chi connectivity index (χ1) is 14.0. The Morgan fingerprint density at radius 1 is 1.17 bits per heavy atom. The van der Waals surface area contributed by atoms with E-state index in [2.05, 4.69) is 26.1 Å². The molecule has 0 radical (unpaired) electrons. The molecule has 1 aliphatic carbocycles. The van der Waals surface area contributed by atoms with E-state index in [1.807, 2.05) is 4.90 Å². The Balaban J connectivity index is 1.54. The van der Waals surface area contributed by atoms with Gasteiger partial charge in [-0.1, -0.05) is 39.8 Å². The van der Waals surface area contributed by atoms with Gasteiger partial charge in [-0.15, -0.1) is 0 Å². The summed E-state index contributed by atoms with van der Waals surface area (Å²) < 4.78 is 13.4. The maximum Gasteiger partial charge on any atom is 0.325 e. The van der Waals surface area contributed by atoms with Crippen molar-refractivity contribution >= 4 is 17.8 Å². The molecule has 4 amide bonds. The Hall–Kier alpha value is -2.44. The van der Waals surface area contributed by atoms with E-state index in [4.69, 9.17) is 0 Å². The summed E-state index contributed by atoms with van der Waals surface area (Å²) in [4.78, 5) is 42.0. The highest BCUT2D eigenvalue weighted by Gasteiger charge is 2.54. The van der Waals surface area contributed by atoms with Gasteiger partial charge in [0.2, 0.25) is 5.91 Å². The van der Waals surface area contributed by atoms with E-state index in [-0.39, 0.29) is 29.3 Å². The van der Waals surface area contributed by atoms with E-state index in [1.165, 1.54) is 24.3 Å². The largest absolute Gasteiger partial charge is 0.338 e. The normalized spacial score (nSPS) is 32.5. The number of carbonyl (C=O) groups excluding carboxylic acids is 3. The molecule has 1 N–H and O–H groups in total. The number of nitrogens with one attached hydrogen (secondary N) is 1. The average molecular weight is 416 g/mol. The van der Waals surface area contributed by atoms with Crippen molar-refractivity contribution in [3.8, 4) is 0 Å². The van der Waals surface area contributed by atoms with Gasteiger partial charge in [0, 0.05) is 12.6 Å². The van der Waals surface area contributed by atoms with Crippen LogP contribution in [0.1, 0.15) is 58.9 Å². The zero-order valence-corrected chi connectivity index (χ0v) is 18.1. The lowest BCUT2D eigenvalue weighted by atomic mass is 9.65. The highest BCUT2D eigenvalue weighted by Crippen LogP contribution is 2.52. The van der Waals surface area contributed by atoms with E-state index in [1.54, 1.807) is 6.92 Å². The molecule has 1 aromatic carbocycles. The Bertz CT molecular complexity index is 899. The van der Waals surface area contributed by atoms with Crippen molar-refractivity contribution in [3.05, 3.63) is 35.6 Å². The molecule has 4 rings (SSSR count). The molecular weight excluding hydrogens is 385 g/mol. The van der Waals surface area contributed by atoms with Crippen molar-refractivity contribution in [1.29, 1.82) is 0 Å². The van der Waals surface area contributed by atoms with Gasteiger partial charge >= 0.3 is 6.03 Å². The van der Waals surface area contributed by atoms with Crippen LogP contribution in [0.5, 0.6) is 0 Å². The highest BCUT2D eigenvalue weighted by molar-refractivity contribution is 6.09. The Morgan fingerprint density at radius 3 is 2.47 bits per heavy atom. The summed E-state index contributed by atoms with van der Waals surface area (Å²) in [6, 6.07) is 5.14. The number of fused-ring (bicyclic) bond motifs is 2. The van der Waals surface area contributed by atoms with Crippen LogP contribution in [-0.4, -0.2) is 46.8 Å². The van der Waals surface area contributed by atoms with Crippen molar-refractivity contribution in [3.63, 3.8) is 0 Å². The van der Waals surface area contributed by atoms with Gasteiger partial charge in [0.1, 0.15) is 17.9 Å². The number of nitrogens with zero attached hydrogens (tertiary/aromatic N) is 2. The first kappa shape index (κ1) is 20.8. The fourth-order valence-electron chi connectivity index (χ4n) is 6.12. The van der Waals surface area contributed by atoms with Crippen molar-refractivity contribution in [1.82, 2.24) is 15.1 Å². The monoisotopic (exact) mass is 415 g/mol. The molecule has 30 heavy (non-hydrogen) atoms. The van der Waals surface area contributed by atoms with Crippen LogP contribution in [0, 0.1) is 16.6 Å². The van der Waals surface area contributed by atoms with Crippen molar-refractivity contribution < 1.29 is 18.8 Å². The summed E-state index contributed by atoms with van der Waals surface area (Å²) in [7, 11) is 0. The Kier molecular flexibility index (Phi) is 4.71. The lowest BCUT2D eigenvalue weighted by molar-refractivity contribution is -0.140. The zero-order valence-electron chi connectivity index (χ0n) is 18.1. The minimum atomic E-state index is -1.26. The predicted octanol–water partition coefficient (Wildman–Crippen LogP) is 3.41. The Morgan fingerprint density at radius 2 is 1.83 bits per heavy atom. The summed E-state index contributed by atoms with van der Waals surface area (Å²) in [5, 5.41) is 2.76. The van der Waals surface area contributed by atoms with Crippen molar-refractivity contribution in [2.45, 2.75) is 65.0 Å². The maximum atomic E-state index is 13.4. The molecule has 0 unspecified atom stereocenters. The fraction of sp³-hybridized carbons (Fsp3) is 0.609. The quantitative estimate of drug-likeness (QED) is 0.766. The van der Waals surface area contributed by atoms with E-state index in [0.29, 0.717) is 18.5 Å². The summed E-state index contributed by atoms with van der Waals surface area (Å²) in [5.74, 6) is -1.05. The number of benzene rings is 1. The summed E-state index contributed by atoms with van der Waals surface area (Å²) in [5.41, 5.74) is -0.486. The third kappa shape index (κ3) is 3.28. The van der Waals surface area contributed by atoms with E-state index in [9.17, 15) is 18.8 Å². The molecule has 1 saturated carbocycles. The zero-order chi connectivity index (χ0) is 21.9. The van der Waals surface area contributed by atoms with Crippen LogP contribution in [-0.2, 0) is 15.1 Å². The van der Waals surface area contributed by atoms with Gasteiger partial charge in [-0.05, 0) is 54.2 Å². The van der Waals surface area contributed by atoms with E-state index >= 15 is 0 Å². The summed E-state index contributed by atoms with van der Waals surface area (Å²) in [6.45, 7) is 8.89. The van der Waals surface area contributed by atoms with Gasteiger partial charge in [-0.3, -0.25) is 14.5 Å². The van der Waals surface area contributed by atoms with E-state index < -0.39 is 23.3 Å². The average Bonchev–Trinajstić information content (AvgIpc) is 3.06. The second-order valence-corrected chi connectivity index (χ2v) is 10.3. The number of hydrogen-bond donors (Lipinski definition) is 1. The van der Waals surface area contributed by atoms with Crippen molar-refractivity contribution in [2.24, 2.45) is 10.8 Å². The second kappa shape index (κ2) is 6.79. The topological polar surface area (TPSA) is 69.7 Å². The van der Waals surface area contributed by atoms with Crippen LogP contribution < -0.4 is 5.32 Å². The van der Waals surface area contributed by atoms with Crippen LogP contribution >= 0.6 is 0 Å². The van der Waals surface area contributed by atoms with Gasteiger partial charge in [0.05, 0.1) is 0 Å². The lowest BCUT2D eigenvalue weighted by Crippen LogP contribution is -2.46. The molecule has 3 aliphatic rings. The SMILES string of the molecule is CC[C@]1(c2ccc(F)cc2)NC(=O)N(CC(=O)N2C[C@@]3(C)C[C@@H]2CC(C)(C)C3)C1=O. The molecular formula is C23H30FN3O3. The Labute approximate surface area is 176 Å². The third-order valence-electron chi connectivity index (χ3n) is 7.07. The third-order valence-corrected chi connectivity index (χ3v) is 7.07. The van der Waals surface area contributed by atoms with Gasteiger partial charge in [0.15, 0.2) is 0 Å². The molecule has 2 bridgehead atoms. The molecule has 7 heteroatoms. The minimum Gasteiger partial charge on any atom is -0.338 e. The number of rotatable bonds is 4. The smallest absolute Gasteiger partial charge is 0.325 e. The second-order valence-electron chi connectivity index (χ2n) is 10.3. The molecule has 162 valence electrons. The molecule has 0 aromatic heterocycles. The molecule has 1 aromatic rings. The number of likely N-dealkylation sites (tertiary alicyclic amines) is 1. The van der Waals surface area contributed by atoms with Crippen LogP contribution in [0.25, 0.3) is 0 Å². The van der Waals surface area contributed by atoms with Gasteiger partial charge in [0.25, 0.3) is 5.91 Å². The first-order valence-corrected chi connectivity index (χ1v) is 10.7. The van der Waals surface area contributed by atoms with Crippen LogP contribution in [0.3, 0.4) is 0 Å². The summed E-state index contributed by atoms with van der Waals surface area (Å²) >= 11 is 0. The number of amides is 4. The molecule has 6 nitrogen and oxygen atoms in total. The number of halogens is 1.